The molecule has 7 nitrogen and oxygen atoms in total. The topological polar surface area (TPSA) is 117 Å². The molecule has 1 aliphatic heterocycles. The molecule has 1 aromatic rings. The second-order valence-electron chi connectivity index (χ2n) is 4.45. The van der Waals surface area contributed by atoms with E-state index in [4.69, 9.17) is 5.26 Å². The number of nitrogens with zero attached hydrogens (tertiary/aromatic N) is 2. The maximum Gasteiger partial charge on any atom is 0.243 e. The summed E-state index contributed by atoms with van der Waals surface area (Å²) in [4.78, 5) is 3.44. The van der Waals surface area contributed by atoms with Crippen LogP contribution >= 0.6 is 0 Å². The highest BCUT2D eigenvalue weighted by Crippen LogP contribution is 2.20. The average molecular weight is 315 g/mol. The normalized spacial score (nSPS) is 21.4. The molecule has 0 bridgehead atoms. The summed E-state index contributed by atoms with van der Waals surface area (Å²) in [5.74, 6) is 0.0930. The molecule has 2 heterocycles. The Morgan fingerprint density at radius 1 is 1.50 bits per heavy atom. The lowest BCUT2D eigenvalue weighted by molar-refractivity contribution is 0.570. The first-order chi connectivity index (χ1) is 9.37. The Balaban J connectivity index is 2.19. The van der Waals surface area contributed by atoms with E-state index in [1.807, 2.05) is 0 Å². The van der Waals surface area contributed by atoms with E-state index in [0.29, 0.717) is 12.8 Å². The van der Waals surface area contributed by atoms with Gasteiger partial charge < -0.3 is 0 Å². The van der Waals surface area contributed by atoms with Gasteiger partial charge in [0.15, 0.2) is 15.5 Å². The Labute approximate surface area is 117 Å². The van der Waals surface area contributed by atoms with Crippen molar-refractivity contribution in [2.24, 2.45) is 0 Å². The lowest BCUT2D eigenvalue weighted by Crippen LogP contribution is -2.35. The number of sulfone groups is 1. The largest absolute Gasteiger partial charge is 0.244 e. The number of aromatic nitrogens is 1. The molecule has 0 saturated carbocycles. The zero-order chi connectivity index (χ0) is 14.8. The van der Waals surface area contributed by atoms with Crippen molar-refractivity contribution in [1.29, 1.82) is 5.26 Å². The van der Waals surface area contributed by atoms with Crippen LogP contribution in [0.4, 0.5) is 0 Å². The van der Waals surface area contributed by atoms with Crippen molar-refractivity contribution in [2.45, 2.75) is 23.0 Å². The highest BCUT2D eigenvalue weighted by Gasteiger charge is 2.32. The molecular formula is C11H13N3O4S2. The smallest absolute Gasteiger partial charge is 0.243 e. The summed E-state index contributed by atoms with van der Waals surface area (Å²) in [5, 5.41) is 8.15. The Morgan fingerprint density at radius 2 is 2.25 bits per heavy atom. The molecule has 0 radical (unpaired) electrons. The highest BCUT2D eigenvalue weighted by molar-refractivity contribution is 7.92. The molecule has 1 saturated heterocycles. The van der Waals surface area contributed by atoms with Crippen LogP contribution in [0.15, 0.2) is 23.2 Å². The molecule has 1 atom stereocenters. The molecule has 20 heavy (non-hydrogen) atoms. The maximum atomic E-state index is 12.1. The van der Waals surface area contributed by atoms with Crippen LogP contribution < -0.4 is 4.72 Å². The second kappa shape index (κ2) is 5.47. The highest BCUT2D eigenvalue weighted by atomic mass is 32.2. The lowest BCUT2D eigenvalue weighted by atomic mass is 10.2. The minimum atomic E-state index is -3.94. The summed E-state index contributed by atoms with van der Waals surface area (Å²) < 4.78 is 49.7. The molecule has 0 aliphatic carbocycles. The maximum absolute atomic E-state index is 12.1. The van der Waals surface area contributed by atoms with Crippen LogP contribution in [0.2, 0.25) is 0 Å². The first kappa shape index (κ1) is 14.9. The van der Waals surface area contributed by atoms with E-state index in [-0.39, 0.29) is 22.9 Å². The zero-order valence-corrected chi connectivity index (χ0v) is 12.1. The van der Waals surface area contributed by atoms with Gasteiger partial charge in [-0.2, -0.15) is 5.26 Å². The Hall–Kier alpha value is -1.50. The third-order valence-corrected chi connectivity index (χ3v) is 6.86. The van der Waals surface area contributed by atoms with Crippen molar-refractivity contribution < 1.29 is 16.8 Å². The molecule has 1 aromatic heterocycles. The molecular weight excluding hydrogens is 302 g/mol. The molecule has 1 N–H and O–H groups in total. The Kier molecular flexibility index (Phi) is 4.08. The quantitative estimate of drug-likeness (QED) is 0.823. The van der Waals surface area contributed by atoms with Crippen LogP contribution in [0, 0.1) is 11.3 Å². The molecule has 0 aromatic carbocycles. The summed E-state index contributed by atoms with van der Waals surface area (Å²) in [7, 11) is -7.16. The monoisotopic (exact) mass is 315 g/mol. The number of pyridine rings is 1. The zero-order valence-electron chi connectivity index (χ0n) is 10.5. The van der Waals surface area contributed by atoms with E-state index in [0.717, 1.165) is 0 Å². The van der Waals surface area contributed by atoms with Crippen LogP contribution in [0.25, 0.3) is 0 Å². The molecule has 1 unspecified atom stereocenters. The average Bonchev–Trinajstić information content (AvgIpc) is 2.75. The molecule has 0 spiro atoms. The van der Waals surface area contributed by atoms with Crippen molar-refractivity contribution in [3.8, 4) is 6.07 Å². The van der Waals surface area contributed by atoms with Crippen LogP contribution in [0.1, 0.15) is 18.5 Å². The number of nitriles is 1. The van der Waals surface area contributed by atoms with Crippen molar-refractivity contribution in [2.75, 3.05) is 12.3 Å². The fourth-order valence-electron chi connectivity index (χ4n) is 2.06. The van der Waals surface area contributed by atoms with E-state index < -0.39 is 25.1 Å². The molecule has 0 amide bonds. The summed E-state index contributed by atoms with van der Waals surface area (Å²) in [6, 6.07) is 4.36. The van der Waals surface area contributed by atoms with Gasteiger partial charge in [0, 0.05) is 12.7 Å². The van der Waals surface area contributed by atoms with E-state index in [2.05, 4.69) is 9.71 Å². The summed E-state index contributed by atoms with van der Waals surface area (Å²) in [6.07, 6.45) is 2.31. The number of hydrogen-bond acceptors (Lipinski definition) is 6. The van der Waals surface area contributed by atoms with Crippen LogP contribution in [-0.2, 0) is 19.9 Å². The number of sulfonamides is 1. The molecule has 2 rings (SSSR count). The van der Waals surface area contributed by atoms with Gasteiger partial charge in [0.2, 0.25) is 10.0 Å². The standard InChI is InChI=1S/C11H13N3O4S2/c12-7-10-11(4-1-5-13-10)20(17,18)14-8-9-3-2-6-19(9,15)16/h1,4-5,9,14H,2-3,6,8H2. The first-order valence-corrected chi connectivity index (χ1v) is 9.13. The van der Waals surface area contributed by atoms with Crippen molar-refractivity contribution in [3.05, 3.63) is 24.0 Å². The van der Waals surface area contributed by atoms with Crippen LogP contribution in [-0.4, -0.2) is 39.4 Å². The van der Waals surface area contributed by atoms with E-state index in [1.54, 1.807) is 6.07 Å². The predicted molar refractivity (Wildman–Crippen MR) is 70.9 cm³/mol. The van der Waals surface area contributed by atoms with E-state index in [1.165, 1.54) is 18.3 Å². The summed E-state index contributed by atoms with van der Waals surface area (Å²) >= 11 is 0. The van der Waals surface area contributed by atoms with Gasteiger partial charge in [-0.1, -0.05) is 0 Å². The summed E-state index contributed by atoms with van der Waals surface area (Å²) in [5.41, 5.74) is -0.214. The van der Waals surface area contributed by atoms with Gasteiger partial charge in [-0.15, -0.1) is 0 Å². The Morgan fingerprint density at radius 3 is 2.85 bits per heavy atom. The van der Waals surface area contributed by atoms with Gasteiger partial charge in [0.05, 0.1) is 11.0 Å². The number of nitrogens with one attached hydrogen (secondary N) is 1. The number of hydrogen-bond donors (Lipinski definition) is 1. The third-order valence-electron chi connectivity index (χ3n) is 3.13. The third kappa shape index (κ3) is 2.98. The van der Waals surface area contributed by atoms with Gasteiger partial charge in [-0.05, 0) is 25.0 Å². The van der Waals surface area contributed by atoms with Gasteiger partial charge in [0.1, 0.15) is 11.0 Å². The molecule has 9 heteroatoms. The van der Waals surface area contributed by atoms with Crippen molar-refractivity contribution in [3.63, 3.8) is 0 Å². The van der Waals surface area contributed by atoms with Gasteiger partial charge in [-0.25, -0.2) is 26.5 Å². The van der Waals surface area contributed by atoms with Crippen LogP contribution in [0.3, 0.4) is 0 Å². The minimum absolute atomic E-state index is 0.0930. The summed E-state index contributed by atoms with van der Waals surface area (Å²) in [6.45, 7) is -0.176. The minimum Gasteiger partial charge on any atom is -0.244 e. The molecule has 1 fully saturated rings. The van der Waals surface area contributed by atoms with E-state index in [9.17, 15) is 16.8 Å². The van der Waals surface area contributed by atoms with Gasteiger partial charge in [-0.3, -0.25) is 0 Å². The molecule has 1 aliphatic rings. The molecule has 108 valence electrons. The van der Waals surface area contributed by atoms with Gasteiger partial charge >= 0.3 is 0 Å². The predicted octanol–water partition coefficient (Wildman–Crippen LogP) is -0.191. The van der Waals surface area contributed by atoms with Crippen LogP contribution in [0.5, 0.6) is 0 Å². The fraction of sp³-hybridized carbons (Fsp3) is 0.455. The lowest BCUT2D eigenvalue weighted by Gasteiger charge is -2.11. The van der Waals surface area contributed by atoms with Gasteiger partial charge in [0.25, 0.3) is 0 Å². The SMILES string of the molecule is N#Cc1ncccc1S(=O)(=O)NCC1CCCS1(=O)=O. The Bertz CT molecular complexity index is 750. The number of rotatable bonds is 4. The van der Waals surface area contributed by atoms with E-state index >= 15 is 0 Å². The van der Waals surface area contributed by atoms with Crippen molar-refractivity contribution >= 4 is 19.9 Å². The fourth-order valence-corrected chi connectivity index (χ4v) is 5.12. The van der Waals surface area contributed by atoms with Crippen molar-refractivity contribution in [1.82, 2.24) is 9.71 Å². The first-order valence-electron chi connectivity index (χ1n) is 5.93. The second-order valence-corrected chi connectivity index (χ2v) is 8.58.